The molecule has 1 aromatic carbocycles. The number of carbonyl (C=O) groups is 3. The van der Waals surface area contributed by atoms with Crippen LogP contribution in [0.1, 0.15) is 19.3 Å². The summed E-state index contributed by atoms with van der Waals surface area (Å²) in [5.74, 6) is -0.00187. The molecule has 3 amide bonds. The van der Waals surface area contributed by atoms with Crippen LogP contribution in [0.15, 0.2) is 24.3 Å². The van der Waals surface area contributed by atoms with Crippen molar-refractivity contribution < 1.29 is 19.1 Å². The maximum atomic E-state index is 11.9. The number of fused-ring (bicyclic) bond motifs is 1. The summed E-state index contributed by atoms with van der Waals surface area (Å²) in [5.41, 5.74) is 5.43. The molecular weight excluding hydrogens is 286 g/mol. The van der Waals surface area contributed by atoms with Crippen molar-refractivity contribution in [2.24, 2.45) is 5.92 Å². The Hall–Kier alpha value is -2.57. The average molecular weight is 303 g/mol. The number of carbonyl (C=O) groups excluding carboxylic acids is 3. The number of anilines is 1. The van der Waals surface area contributed by atoms with Gasteiger partial charge in [-0.1, -0.05) is 12.1 Å². The lowest BCUT2D eigenvalue weighted by atomic mass is 10.2. The van der Waals surface area contributed by atoms with Crippen LogP contribution in [0, 0.1) is 5.92 Å². The predicted molar refractivity (Wildman–Crippen MR) is 77.9 cm³/mol. The monoisotopic (exact) mass is 303 g/mol. The Morgan fingerprint density at radius 2 is 2.00 bits per heavy atom. The zero-order valence-corrected chi connectivity index (χ0v) is 12.0. The SMILES string of the molecule is O=C(CCN1C(=O)COc2ccccc21)NNC(=O)C1CC1. The Labute approximate surface area is 127 Å². The van der Waals surface area contributed by atoms with Crippen LogP contribution < -0.4 is 20.5 Å². The van der Waals surface area contributed by atoms with Crippen molar-refractivity contribution in [2.75, 3.05) is 18.1 Å². The third-order valence-electron chi connectivity index (χ3n) is 3.64. The van der Waals surface area contributed by atoms with Crippen LogP contribution in [-0.4, -0.2) is 30.9 Å². The number of nitrogens with zero attached hydrogens (tertiary/aromatic N) is 1. The minimum Gasteiger partial charge on any atom is -0.482 e. The zero-order chi connectivity index (χ0) is 15.5. The van der Waals surface area contributed by atoms with E-state index in [4.69, 9.17) is 4.74 Å². The Bertz CT molecular complexity index is 613. The summed E-state index contributed by atoms with van der Waals surface area (Å²) in [6, 6.07) is 7.19. The molecule has 0 unspecified atom stereocenters. The highest BCUT2D eigenvalue weighted by Gasteiger charge is 2.30. The molecule has 0 bridgehead atoms. The van der Waals surface area contributed by atoms with Gasteiger partial charge in [0.2, 0.25) is 11.8 Å². The van der Waals surface area contributed by atoms with Crippen LogP contribution in [0.2, 0.25) is 0 Å². The molecule has 0 spiro atoms. The number of hydrogen-bond donors (Lipinski definition) is 2. The van der Waals surface area contributed by atoms with Gasteiger partial charge in [0.05, 0.1) is 5.69 Å². The maximum Gasteiger partial charge on any atom is 0.265 e. The lowest BCUT2D eigenvalue weighted by molar-refractivity contribution is -0.129. The first-order valence-electron chi connectivity index (χ1n) is 7.26. The summed E-state index contributed by atoms with van der Waals surface area (Å²) in [4.78, 5) is 36.6. The van der Waals surface area contributed by atoms with Crippen molar-refractivity contribution in [2.45, 2.75) is 19.3 Å². The number of rotatable bonds is 4. The van der Waals surface area contributed by atoms with Crippen molar-refractivity contribution in [3.63, 3.8) is 0 Å². The molecule has 3 rings (SSSR count). The van der Waals surface area contributed by atoms with Gasteiger partial charge in [-0.15, -0.1) is 0 Å². The van der Waals surface area contributed by atoms with Gasteiger partial charge >= 0.3 is 0 Å². The molecule has 1 aliphatic carbocycles. The van der Waals surface area contributed by atoms with E-state index in [2.05, 4.69) is 10.9 Å². The fourth-order valence-corrected chi connectivity index (χ4v) is 2.25. The van der Waals surface area contributed by atoms with Crippen molar-refractivity contribution in [3.05, 3.63) is 24.3 Å². The van der Waals surface area contributed by atoms with Crippen molar-refractivity contribution >= 4 is 23.4 Å². The second kappa shape index (κ2) is 6.05. The summed E-state index contributed by atoms with van der Waals surface area (Å²) in [6.45, 7) is 0.210. The van der Waals surface area contributed by atoms with Gasteiger partial charge in [0, 0.05) is 18.9 Å². The van der Waals surface area contributed by atoms with Gasteiger partial charge in [-0.3, -0.25) is 25.2 Å². The summed E-state index contributed by atoms with van der Waals surface area (Å²) in [7, 11) is 0. The summed E-state index contributed by atoms with van der Waals surface area (Å²) in [5, 5.41) is 0. The molecule has 1 aromatic rings. The molecule has 0 atom stereocenters. The van der Waals surface area contributed by atoms with Gasteiger partial charge in [-0.2, -0.15) is 0 Å². The highest BCUT2D eigenvalue weighted by Crippen LogP contribution is 2.31. The van der Waals surface area contributed by atoms with E-state index in [0.29, 0.717) is 11.4 Å². The third-order valence-corrected chi connectivity index (χ3v) is 3.64. The van der Waals surface area contributed by atoms with Crippen molar-refractivity contribution in [3.8, 4) is 5.75 Å². The maximum absolute atomic E-state index is 11.9. The first-order chi connectivity index (χ1) is 10.6. The molecule has 2 aliphatic rings. The quantitative estimate of drug-likeness (QED) is 0.786. The molecule has 1 aliphatic heterocycles. The van der Waals surface area contributed by atoms with E-state index in [1.54, 1.807) is 12.1 Å². The van der Waals surface area contributed by atoms with Gasteiger partial charge in [-0.25, -0.2) is 0 Å². The van der Waals surface area contributed by atoms with Crippen LogP contribution >= 0.6 is 0 Å². The minimum atomic E-state index is -0.328. The molecular formula is C15H17N3O4. The minimum absolute atomic E-state index is 0.0307. The highest BCUT2D eigenvalue weighted by molar-refractivity contribution is 5.98. The first-order valence-corrected chi connectivity index (χ1v) is 7.26. The zero-order valence-electron chi connectivity index (χ0n) is 12.0. The Kier molecular flexibility index (Phi) is 3.95. The van der Waals surface area contributed by atoms with Crippen LogP contribution in [-0.2, 0) is 14.4 Å². The van der Waals surface area contributed by atoms with E-state index in [1.165, 1.54) is 4.90 Å². The number of benzene rings is 1. The average Bonchev–Trinajstić information content (AvgIpc) is 3.36. The second-order valence-electron chi connectivity index (χ2n) is 5.36. The molecule has 116 valence electrons. The fourth-order valence-electron chi connectivity index (χ4n) is 2.25. The topological polar surface area (TPSA) is 87.7 Å². The Morgan fingerprint density at radius 3 is 2.77 bits per heavy atom. The van der Waals surface area contributed by atoms with E-state index in [1.807, 2.05) is 12.1 Å². The Morgan fingerprint density at radius 1 is 1.23 bits per heavy atom. The number of nitrogens with one attached hydrogen (secondary N) is 2. The molecule has 1 saturated carbocycles. The van der Waals surface area contributed by atoms with Gasteiger partial charge in [0.25, 0.3) is 5.91 Å². The largest absolute Gasteiger partial charge is 0.482 e. The fraction of sp³-hybridized carbons (Fsp3) is 0.400. The third kappa shape index (κ3) is 3.19. The molecule has 22 heavy (non-hydrogen) atoms. The van der Waals surface area contributed by atoms with Gasteiger partial charge in [-0.05, 0) is 25.0 Å². The van der Waals surface area contributed by atoms with Gasteiger partial charge < -0.3 is 9.64 Å². The Balaban J connectivity index is 1.53. The van der Waals surface area contributed by atoms with Crippen LogP contribution in [0.25, 0.3) is 0 Å². The molecule has 0 radical (unpaired) electrons. The van der Waals surface area contributed by atoms with Crippen LogP contribution in [0.5, 0.6) is 5.75 Å². The molecule has 1 fully saturated rings. The molecule has 7 heteroatoms. The molecule has 0 saturated heterocycles. The van der Waals surface area contributed by atoms with Crippen LogP contribution in [0.4, 0.5) is 5.69 Å². The molecule has 2 N–H and O–H groups in total. The molecule has 0 aromatic heterocycles. The smallest absolute Gasteiger partial charge is 0.265 e. The van der Waals surface area contributed by atoms with E-state index < -0.39 is 0 Å². The molecule has 1 heterocycles. The summed E-state index contributed by atoms with van der Waals surface area (Å²) in [6.07, 6.45) is 1.85. The summed E-state index contributed by atoms with van der Waals surface area (Å²) < 4.78 is 5.34. The summed E-state index contributed by atoms with van der Waals surface area (Å²) >= 11 is 0. The van der Waals surface area contributed by atoms with Gasteiger partial charge in [0.15, 0.2) is 6.61 Å². The van der Waals surface area contributed by atoms with Crippen molar-refractivity contribution in [1.29, 1.82) is 0 Å². The van der Waals surface area contributed by atoms with Crippen molar-refractivity contribution in [1.82, 2.24) is 10.9 Å². The number of hydrogen-bond acceptors (Lipinski definition) is 4. The normalized spacial score (nSPS) is 16.5. The number of ether oxygens (including phenoxy) is 1. The van der Waals surface area contributed by atoms with E-state index in [0.717, 1.165) is 12.8 Å². The predicted octanol–water partition coefficient (Wildman–Crippen LogP) is 0.359. The standard InChI is InChI=1S/C15H17N3O4/c19-13(16-17-15(21)10-5-6-10)7-8-18-11-3-1-2-4-12(11)22-9-14(18)20/h1-4,10H,5-9H2,(H,16,19)(H,17,21). The lowest BCUT2D eigenvalue weighted by Gasteiger charge is -2.29. The van der Waals surface area contributed by atoms with Gasteiger partial charge in [0.1, 0.15) is 5.75 Å². The lowest BCUT2D eigenvalue weighted by Crippen LogP contribution is -2.45. The van der Waals surface area contributed by atoms with E-state index in [-0.39, 0.29) is 43.2 Å². The van der Waals surface area contributed by atoms with Crippen LogP contribution in [0.3, 0.4) is 0 Å². The first kappa shape index (κ1) is 14.4. The second-order valence-corrected chi connectivity index (χ2v) is 5.36. The number of hydrazine groups is 1. The molecule has 7 nitrogen and oxygen atoms in total. The van der Waals surface area contributed by atoms with E-state index >= 15 is 0 Å². The number of para-hydroxylation sites is 2. The number of amides is 3. The van der Waals surface area contributed by atoms with E-state index in [9.17, 15) is 14.4 Å². The highest BCUT2D eigenvalue weighted by atomic mass is 16.5.